The Bertz CT molecular complexity index is 971. The number of rotatable bonds is 4. The number of halogens is 1. The van der Waals surface area contributed by atoms with Crippen molar-refractivity contribution in [3.63, 3.8) is 0 Å². The lowest BCUT2D eigenvalue weighted by molar-refractivity contribution is -0.139. The molecule has 0 aliphatic heterocycles. The Morgan fingerprint density at radius 3 is 2.78 bits per heavy atom. The van der Waals surface area contributed by atoms with Gasteiger partial charge in [0.1, 0.15) is 17.9 Å². The average Bonchev–Trinajstić information content (AvgIpc) is 2.69. The predicted molar refractivity (Wildman–Crippen MR) is 109 cm³/mol. The average molecular weight is 426 g/mol. The molecular formula is C21H20BrN3O2. The zero-order valence-electron chi connectivity index (χ0n) is 14.8. The molecule has 0 atom stereocenters. The highest BCUT2D eigenvalue weighted by Crippen LogP contribution is 2.29. The van der Waals surface area contributed by atoms with Crippen LogP contribution in [0.3, 0.4) is 0 Å². The van der Waals surface area contributed by atoms with Crippen LogP contribution in [0.4, 0.5) is 11.5 Å². The first-order valence-electron chi connectivity index (χ1n) is 9.18. The molecule has 0 unspecified atom stereocenters. The molecule has 27 heavy (non-hydrogen) atoms. The summed E-state index contributed by atoms with van der Waals surface area (Å²) in [7, 11) is 0. The number of ether oxygens (including phenoxy) is 1. The van der Waals surface area contributed by atoms with Gasteiger partial charge in [0.15, 0.2) is 0 Å². The van der Waals surface area contributed by atoms with Crippen LogP contribution >= 0.6 is 15.9 Å². The monoisotopic (exact) mass is 425 g/mol. The lowest BCUT2D eigenvalue weighted by atomic mass is 9.89. The summed E-state index contributed by atoms with van der Waals surface area (Å²) in [4.78, 5) is 21.0. The molecule has 138 valence electrons. The van der Waals surface area contributed by atoms with E-state index in [2.05, 4.69) is 31.2 Å². The maximum atomic E-state index is 12.4. The third kappa shape index (κ3) is 4.27. The van der Waals surface area contributed by atoms with Crippen LogP contribution in [0.25, 0.3) is 10.9 Å². The Balaban J connectivity index is 1.53. The molecule has 6 heteroatoms. The number of esters is 1. The van der Waals surface area contributed by atoms with Gasteiger partial charge in [-0.25, -0.2) is 9.97 Å². The number of nitrogens with one attached hydrogen (secondary N) is 1. The molecule has 0 bridgehead atoms. The van der Waals surface area contributed by atoms with Gasteiger partial charge in [0.25, 0.3) is 0 Å². The molecule has 2 aromatic carbocycles. The third-order valence-electron chi connectivity index (χ3n) is 4.85. The summed E-state index contributed by atoms with van der Waals surface area (Å²) >= 11 is 3.49. The lowest BCUT2D eigenvalue weighted by Gasteiger charge is -2.20. The summed E-state index contributed by atoms with van der Waals surface area (Å²) in [6, 6.07) is 13.3. The topological polar surface area (TPSA) is 64.1 Å². The van der Waals surface area contributed by atoms with Crippen molar-refractivity contribution in [2.75, 3.05) is 5.32 Å². The Morgan fingerprint density at radius 2 is 1.93 bits per heavy atom. The van der Waals surface area contributed by atoms with Gasteiger partial charge in [-0.3, -0.25) is 4.79 Å². The van der Waals surface area contributed by atoms with Crippen LogP contribution in [0.2, 0.25) is 0 Å². The number of anilines is 2. The molecule has 1 aromatic heterocycles. The summed E-state index contributed by atoms with van der Waals surface area (Å²) in [6.45, 7) is 0. The second-order valence-electron chi connectivity index (χ2n) is 6.79. The smallest absolute Gasteiger partial charge is 0.314 e. The first kappa shape index (κ1) is 17.9. The number of nitrogens with zero attached hydrogens (tertiary/aromatic N) is 2. The Kier molecular flexibility index (Phi) is 5.34. The van der Waals surface area contributed by atoms with E-state index in [-0.39, 0.29) is 11.9 Å². The molecule has 0 amide bonds. The van der Waals surface area contributed by atoms with Crippen LogP contribution in [-0.4, -0.2) is 15.9 Å². The van der Waals surface area contributed by atoms with E-state index in [1.54, 1.807) is 6.07 Å². The third-order valence-corrected chi connectivity index (χ3v) is 5.34. The van der Waals surface area contributed by atoms with Crippen LogP contribution in [0.5, 0.6) is 5.75 Å². The Morgan fingerprint density at radius 1 is 1.07 bits per heavy atom. The molecule has 1 N–H and O–H groups in total. The van der Waals surface area contributed by atoms with Crippen LogP contribution in [0.15, 0.2) is 53.3 Å². The fraction of sp³-hybridized carbons (Fsp3) is 0.286. The fourth-order valence-electron chi connectivity index (χ4n) is 3.44. The number of aromatic nitrogens is 2. The summed E-state index contributed by atoms with van der Waals surface area (Å²) < 4.78 is 6.58. The number of benzene rings is 2. The maximum absolute atomic E-state index is 12.4. The first-order chi connectivity index (χ1) is 13.2. The standard InChI is InChI=1S/C21H20BrN3O2/c22-15-9-10-19-18(11-15)20(24-13-23-19)25-16-7-4-8-17(12-16)27-21(26)14-5-2-1-3-6-14/h4,7-14H,1-3,5-6H2,(H,23,24,25). The lowest BCUT2D eigenvalue weighted by Crippen LogP contribution is -2.22. The van der Waals surface area contributed by atoms with E-state index in [9.17, 15) is 4.79 Å². The quantitative estimate of drug-likeness (QED) is 0.433. The predicted octanol–water partition coefficient (Wildman–Crippen LogP) is 5.62. The zero-order valence-corrected chi connectivity index (χ0v) is 16.4. The largest absolute Gasteiger partial charge is 0.426 e. The van der Waals surface area contributed by atoms with Crippen molar-refractivity contribution in [1.82, 2.24) is 9.97 Å². The maximum Gasteiger partial charge on any atom is 0.314 e. The van der Waals surface area contributed by atoms with Crippen molar-refractivity contribution >= 4 is 44.3 Å². The molecule has 0 saturated heterocycles. The SMILES string of the molecule is O=C(Oc1cccc(Nc2ncnc3ccc(Br)cc23)c1)C1CCCCC1. The number of fused-ring (bicyclic) bond motifs is 1. The first-order valence-corrected chi connectivity index (χ1v) is 9.97. The molecule has 1 heterocycles. The minimum absolute atomic E-state index is 0.0264. The molecule has 1 saturated carbocycles. The van der Waals surface area contributed by atoms with Gasteiger partial charge in [-0.05, 0) is 43.2 Å². The van der Waals surface area contributed by atoms with Crippen molar-refractivity contribution in [1.29, 1.82) is 0 Å². The summed E-state index contributed by atoms with van der Waals surface area (Å²) in [5.74, 6) is 1.16. The molecule has 4 rings (SSSR count). The second-order valence-corrected chi connectivity index (χ2v) is 7.71. The van der Waals surface area contributed by atoms with Gasteiger partial charge in [-0.1, -0.05) is 41.3 Å². The van der Waals surface area contributed by atoms with Crippen molar-refractivity contribution in [3.8, 4) is 5.75 Å². The van der Waals surface area contributed by atoms with E-state index in [4.69, 9.17) is 4.74 Å². The molecule has 1 fully saturated rings. The molecule has 0 spiro atoms. The highest BCUT2D eigenvalue weighted by Gasteiger charge is 2.23. The van der Waals surface area contributed by atoms with Crippen LogP contribution in [0.1, 0.15) is 32.1 Å². The molecule has 1 aliphatic carbocycles. The van der Waals surface area contributed by atoms with E-state index >= 15 is 0 Å². The van der Waals surface area contributed by atoms with Gasteiger partial charge in [-0.2, -0.15) is 0 Å². The van der Waals surface area contributed by atoms with Crippen molar-refractivity contribution < 1.29 is 9.53 Å². The molecule has 3 aromatic rings. The molecule has 1 aliphatic rings. The van der Waals surface area contributed by atoms with Gasteiger partial charge < -0.3 is 10.1 Å². The molecule has 5 nitrogen and oxygen atoms in total. The Hall–Kier alpha value is -2.47. The van der Waals surface area contributed by atoms with Crippen molar-refractivity contribution in [2.45, 2.75) is 32.1 Å². The fourth-order valence-corrected chi connectivity index (χ4v) is 3.80. The van der Waals surface area contributed by atoms with Gasteiger partial charge in [-0.15, -0.1) is 0 Å². The van der Waals surface area contributed by atoms with Gasteiger partial charge in [0.2, 0.25) is 0 Å². The van der Waals surface area contributed by atoms with E-state index < -0.39 is 0 Å². The number of hydrogen-bond acceptors (Lipinski definition) is 5. The second kappa shape index (κ2) is 8.05. The summed E-state index contributed by atoms with van der Waals surface area (Å²) in [5.41, 5.74) is 1.67. The van der Waals surface area contributed by atoms with Crippen LogP contribution < -0.4 is 10.1 Å². The van der Waals surface area contributed by atoms with E-state index in [1.807, 2.05) is 36.4 Å². The van der Waals surface area contributed by atoms with Crippen LogP contribution in [-0.2, 0) is 4.79 Å². The number of carbonyl (C=O) groups excluding carboxylic acids is 1. The van der Waals surface area contributed by atoms with E-state index in [0.29, 0.717) is 11.6 Å². The molecular weight excluding hydrogens is 406 g/mol. The van der Waals surface area contributed by atoms with Crippen LogP contribution in [0, 0.1) is 5.92 Å². The summed E-state index contributed by atoms with van der Waals surface area (Å²) in [5, 5.41) is 4.22. The number of hydrogen-bond donors (Lipinski definition) is 1. The number of carbonyl (C=O) groups is 1. The van der Waals surface area contributed by atoms with E-state index in [0.717, 1.165) is 46.7 Å². The van der Waals surface area contributed by atoms with Gasteiger partial charge >= 0.3 is 5.97 Å². The zero-order chi connectivity index (χ0) is 18.6. The molecule has 0 radical (unpaired) electrons. The Labute approximate surface area is 166 Å². The van der Waals surface area contributed by atoms with Gasteiger partial charge in [0.05, 0.1) is 11.4 Å². The van der Waals surface area contributed by atoms with E-state index in [1.165, 1.54) is 12.7 Å². The summed E-state index contributed by atoms with van der Waals surface area (Å²) in [6.07, 6.45) is 6.82. The highest BCUT2D eigenvalue weighted by molar-refractivity contribution is 9.10. The normalized spacial score (nSPS) is 14.9. The van der Waals surface area contributed by atoms with Gasteiger partial charge in [0, 0.05) is 21.6 Å². The minimum Gasteiger partial charge on any atom is -0.426 e. The van der Waals surface area contributed by atoms with Crippen molar-refractivity contribution in [2.24, 2.45) is 5.92 Å². The minimum atomic E-state index is -0.122. The highest BCUT2D eigenvalue weighted by atomic mass is 79.9. The van der Waals surface area contributed by atoms with Crippen molar-refractivity contribution in [3.05, 3.63) is 53.3 Å².